The number of fused-ring (bicyclic) bond motifs is 1. The Morgan fingerprint density at radius 1 is 1.21 bits per heavy atom. The van der Waals surface area contributed by atoms with E-state index < -0.39 is 0 Å². The third-order valence-electron chi connectivity index (χ3n) is 6.47. The number of aromatic nitrogens is 2. The monoisotopic (exact) mass is 445 g/mol. The fourth-order valence-electron chi connectivity index (χ4n) is 4.08. The number of benzene rings is 1. The van der Waals surface area contributed by atoms with Crippen LogP contribution in [-0.4, -0.2) is 58.8 Å². The van der Waals surface area contributed by atoms with E-state index in [1.165, 1.54) is 0 Å². The largest absolute Gasteiger partial charge is 0.357 e. The van der Waals surface area contributed by atoms with Gasteiger partial charge < -0.3 is 20.1 Å². The van der Waals surface area contributed by atoms with Gasteiger partial charge in [0, 0.05) is 36.4 Å². The maximum Gasteiger partial charge on any atom is 0.246 e. The molecule has 4 rings (SSSR count). The van der Waals surface area contributed by atoms with Gasteiger partial charge in [-0.1, -0.05) is 18.2 Å². The topological polar surface area (TPSA) is 81.3 Å². The van der Waals surface area contributed by atoms with Gasteiger partial charge in [0.2, 0.25) is 11.8 Å². The van der Waals surface area contributed by atoms with Crippen LogP contribution >= 0.6 is 0 Å². The number of hydrogen-bond acceptors (Lipinski definition) is 4. The summed E-state index contributed by atoms with van der Waals surface area (Å²) in [6.45, 7) is 3.88. The number of carbonyl (C=O) groups excluding carboxylic acids is 2. The van der Waals surface area contributed by atoms with Crippen molar-refractivity contribution in [1.82, 2.24) is 19.8 Å². The van der Waals surface area contributed by atoms with E-state index in [9.17, 15) is 9.59 Å². The van der Waals surface area contributed by atoms with E-state index >= 15 is 0 Å². The lowest BCUT2D eigenvalue weighted by Crippen LogP contribution is -2.36. The fourth-order valence-corrected chi connectivity index (χ4v) is 4.08. The number of para-hydroxylation sites is 1. The first kappa shape index (κ1) is 22.7. The highest BCUT2D eigenvalue weighted by Crippen LogP contribution is 2.23. The van der Waals surface area contributed by atoms with Crippen molar-refractivity contribution in [3.05, 3.63) is 66.0 Å². The Bertz CT molecular complexity index is 1110. The molecule has 2 N–H and O–H groups in total. The first-order valence-electron chi connectivity index (χ1n) is 11.4. The molecule has 3 aromatic rings. The van der Waals surface area contributed by atoms with Crippen LogP contribution in [0.4, 0.5) is 5.82 Å². The molecule has 0 radical (unpaired) electrons. The third-order valence-corrected chi connectivity index (χ3v) is 6.47. The van der Waals surface area contributed by atoms with Crippen molar-refractivity contribution < 1.29 is 9.59 Å². The van der Waals surface area contributed by atoms with Crippen LogP contribution in [0.3, 0.4) is 0 Å². The van der Waals surface area contributed by atoms with Gasteiger partial charge in [-0.25, -0.2) is 4.98 Å². The number of nitrogens with zero attached hydrogens (tertiary/aromatic N) is 3. The smallest absolute Gasteiger partial charge is 0.246 e. The Hall–Kier alpha value is -3.45. The number of likely N-dealkylation sites (tertiary alicyclic amines) is 1. The summed E-state index contributed by atoms with van der Waals surface area (Å²) < 4.78 is 0. The molecule has 172 valence electrons. The number of likely N-dealkylation sites (N-methyl/N-ethyl adjacent to an activating group) is 1. The molecule has 1 aliphatic heterocycles. The van der Waals surface area contributed by atoms with E-state index in [-0.39, 0.29) is 23.8 Å². The number of carbonyl (C=O) groups is 2. The Morgan fingerprint density at radius 2 is 1.97 bits per heavy atom. The van der Waals surface area contributed by atoms with Crippen molar-refractivity contribution in [2.45, 2.75) is 25.8 Å². The number of aromatic amines is 1. The molecule has 7 nitrogen and oxygen atoms in total. The molecule has 3 heterocycles. The molecule has 0 saturated carbocycles. The predicted octanol–water partition coefficient (Wildman–Crippen LogP) is 4.08. The second kappa shape index (κ2) is 10.0. The normalized spacial score (nSPS) is 16.2. The van der Waals surface area contributed by atoms with Crippen molar-refractivity contribution >= 4 is 34.6 Å². The summed E-state index contributed by atoms with van der Waals surface area (Å²) in [5.41, 5.74) is 2.85. The first-order chi connectivity index (χ1) is 15.9. The van der Waals surface area contributed by atoms with Gasteiger partial charge in [-0.05, 0) is 81.2 Å². The Morgan fingerprint density at radius 3 is 2.67 bits per heavy atom. The zero-order chi connectivity index (χ0) is 23.4. The van der Waals surface area contributed by atoms with Gasteiger partial charge in [-0.2, -0.15) is 0 Å². The molecule has 1 atom stereocenters. The number of nitrogens with one attached hydrogen (secondary N) is 2. The van der Waals surface area contributed by atoms with Crippen molar-refractivity contribution in [2.24, 2.45) is 5.92 Å². The molecule has 0 bridgehead atoms. The number of hydrogen-bond donors (Lipinski definition) is 2. The minimum absolute atomic E-state index is 0.0293. The van der Waals surface area contributed by atoms with E-state index in [0.29, 0.717) is 5.82 Å². The second-order valence-corrected chi connectivity index (χ2v) is 8.81. The van der Waals surface area contributed by atoms with Gasteiger partial charge in [0.1, 0.15) is 5.82 Å². The van der Waals surface area contributed by atoms with Crippen LogP contribution in [0.1, 0.15) is 37.1 Å². The van der Waals surface area contributed by atoms with E-state index in [1.807, 2.05) is 31.2 Å². The number of anilines is 1. The van der Waals surface area contributed by atoms with Gasteiger partial charge in [0.25, 0.3) is 0 Å². The molecule has 7 heteroatoms. The summed E-state index contributed by atoms with van der Waals surface area (Å²) >= 11 is 0. The molecule has 0 spiro atoms. The maximum absolute atomic E-state index is 12.7. The van der Waals surface area contributed by atoms with Crippen LogP contribution < -0.4 is 5.32 Å². The molecule has 33 heavy (non-hydrogen) atoms. The average molecular weight is 446 g/mol. The fraction of sp³-hybridized carbons (Fsp3) is 0.346. The molecule has 1 unspecified atom stereocenters. The van der Waals surface area contributed by atoms with Crippen LogP contribution in [-0.2, 0) is 9.59 Å². The summed E-state index contributed by atoms with van der Waals surface area (Å²) in [5, 5.41) is 4.04. The lowest BCUT2D eigenvalue weighted by molar-refractivity contribution is -0.126. The minimum atomic E-state index is -0.0965. The number of piperidine rings is 1. The molecule has 1 saturated heterocycles. The van der Waals surface area contributed by atoms with Crippen molar-refractivity contribution in [3.63, 3.8) is 0 Å². The number of H-pyrrole nitrogens is 1. The number of amides is 2. The quantitative estimate of drug-likeness (QED) is 0.561. The van der Waals surface area contributed by atoms with E-state index in [0.717, 1.165) is 48.1 Å². The molecular weight excluding hydrogens is 414 g/mol. The van der Waals surface area contributed by atoms with Gasteiger partial charge in [0.05, 0.1) is 6.04 Å². The van der Waals surface area contributed by atoms with Gasteiger partial charge in [0.15, 0.2) is 0 Å². The van der Waals surface area contributed by atoms with E-state index in [4.69, 9.17) is 0 Å². The highest BCUT2D eigenvalue weighted by atomic mass is 16.2. The number of rotatable bonds is 6. The highest BCUT2D eigenvalue weighted by molar-refractivity contribution is 5.93. The summed E-state index contributed by atoms with van der Waals surface area (Å²) in [6.07, 6.45) is 6.69. The van der Waals surface area contributed by atoms with Crippen molar-refractivity contribution in [2.75, 3.05) is 32.5 Å². The molecule has 2 aromatic heterocycles. The Labute approximate surface area is 194 Å². The molecule has 1 aromatic carbocycles. The predicted molar refractivity (Wildman–Crippen MR) is 132 cm³/mol. The summed E-state index contributed by atoms with van der Waals surface area (Å²) in [4.78, 5) is 36.8. The average Bonchev–Trinajstić information content (AvgIpc) is 3.27. The van der Waals surface area contributed by atoms with E-state index in [1.54, 1.807) is 36.4 Å². The van der Waals surface area contributed by atoms with Crippen molar-refractivity contribution in [3.8, 4) is 0 Å². The standard InChI is InChI=1S/C26H31N5O2/c1-18(23-16-21-6-4-5-7-22(21)28-23)31(3)25(32)11-9-19-8-10-24(27-17-19)29-26(33)20-12-14-30(2)15-13-20/h4-11,16-18,20,28H,12-15H2,1-3H3,(H,27,29,33). The maximum atomic E-state index is 12.7. The second-order valence-electron chi connectivity index (χ2n) is 8.81. The zero-order valence-electron chi connectivity index (χ0n) is 19.4. The molecule has 0 aliphatic carbocycles. The SMILES string of the molecule is CC(c1cc2ccccc2[nH]1)N(C)C(=O)C=Cc1ccc(NC(=O)C2CCN(C)CC2)nc1. The van der Waals surface area contributed by atoms with Gasteiger partial charge in [-0.3, -0.25) is 9.59 Å². The van der Waals surface area contributed by atoms with Crippen LogP contribution in [0.25, 0.3) is 17.0 Å². The van der Waals surface area contributed by atoms with Crippen LogP contribution in [0.15, 0.2) is 54.7 Å². The molecule has 1 fully saturated rings. The van der Waals surface area contributed by atoms with E-state index in [2.05, 4.69) is 39.4 Å². The first-order valence-corrected chi connectivity index (χ1v) is 11.4. The highest BCUT2D eigenvalue weighted by Gasteiger charge is 2.23. The van der Waals surface area contributed by atoms with Crippen LogP contribution in [0.2, 0.25) is 0 Å². The zero-order valence-corrected chi connectivity index (χ0v) is 19.4. The summed E-state index contributed by atoms with van der Waals surface area (Å²) in [5.74, 6) is 0.504. The molecule has 2 amide bonds. The molecular formula is C26H31N5O2. The van der Waals surface area contributed by atoms with Crippen LogP contribution in [0.5, 0.6) is 0 Å². The Balaban J connectivity index is 1.33. The van der Waals surface area contributed by atoms with Gasteiger partial charge in [-0.15, -0.1) is 0 Å². The molecule has 1 aliphatic rings. The Kier molecular flexibility index (Phi) is 6.89. The minimum Gasteiger partial charge on any atom is -0.357 e. The lowest BCUT2D eigenvalue weighted by Gasteiger charge is -2.27. The van der Waals surface area contributed by atoms with Crippen molar-refractivity contribution in [1.29, 1.82) is 0 Å². The van der Waals surface area contributed by atoms with Gasteiger partial charge >= 0.3 is 0 Å². The van der Waals surface area contributed by atoms with Crippen LogP contribution in [0, 0.1) is 5.92 Å². The summed E-state index contributed by atoms with van der Waals surface area (Å²) in [6, 6.07) is 13.7. The summed E-state index contributed by atoms with van der Waals surface area (Å²) in [7, 11) is 3.87. The third kappa shape index (κ3) is 5.49. The lowest BCUT2D eigenvalue weighted by atomic mass is 9.96. The number of pyridine rings is 1.